The molecule has 2 aromatic rings. The van der Waals surface area contributed by atoms with Crippen molar-refractivity contribution in [2.45, 2.75) is 32.4 Å². The zero-order valence-electron chi connectivity index (χ0n) is 11.7. The van der Waals surface area contributed by atoms with Gasteiger partial charge in [0, 0.05) is 30.4 Å². The van der Waals surface area contributed by atoms with Crippen molar-refractivity contribution in [1.29, 1.82) is 0 Å². The van der Waals surface area contributed by atoms with Gasteiger partial charge in [-0.25, -0.2) is 13.8 Å². The highest BCUT2D eigenvalue weighted by atomic mass is 19.1. The number of hydrogen-bond acceptors (Lipinski definition) is 3. The summed E-state index contributed by atoms with van der Waals surface area (Å²) in [5, 5.41) is 3.24. The Kier molecular flexibility index (Phi) is 3.84. The second kappa shape index (κ2) is 5.77. The molecule has 1 aliphatic carbocycles. The molecule has 1 heterocycles. The van der Waals surface area contributed by atoms with Gasteiger partial charge in [0.05, 0.1) is 0 Å². The van der Waals surface area contributed by atoms with E-state index in [9.17, 15) is 8.78 Å². The highest BCUT2D eigenvalue weighted by molar-refractivity contribution is 5.33. The molecule has 0 aliphatic heterocycles. The molecule has 1 fully saturated rings. The maximum Gasteiger partial charge on any atom is 0.256 e. The highest BCUT2D eigenvalue weighted by Gasteiger charge is 2.21. The largest absolute Gasteiger partial charge is 0.436 e. The van der Waals surface area contributed by atoms with E-state index in [2.05, 4.69) is 10.3 Å². The topological polar surface area (TPSA) is 34.1 Å². The van der Waals surface area contributed by atoms with Crippen molar-refractivity contribution in [3.63, 3.8) is 0 Å². The normalized spacial score (nSPS) is 14.2. The number of aryl methyl sites for hydroxylation is 1. The number of hydrogen-bond donors (Lipinski definition) is 1. The predicted molar refractivity (Wildman–Crippen MR) is 75.3 cm³/mol. The van der Waals surface area contributed by atoms with Crippen LogP contribution in [0.1, 0.15) is 24.0 Å². The van der Waals surface area contributed by atoms with Gasteiger partial charge in [-0.15, -0.1) is 0 Å². The minimum atomic E-state index is -0.508. The van der Waals surface area contributed by atoms with E-state index in [1.807, 2.05) is 0 Å². The van der Waals surface area contributed by atoms with E-state index >= 15 is 0 Å². The van der Waals surface area contributed by atoms with Crippen molar-refractivity contribution >= 4 is 0 Å². The fraction of sp³-hybridized carbons (Fsp3) is 0.312. The third-order valence-corrected chi connectivity index (χ3v) is 3.45. The Bertz CT molecular complexity index is 657. The number of halogens is 2. The van der Waals surface area contributed by atoms with Gasteiger partial charge in [-0.1, -0.05) is 6.07 Å². The number of rotatable bonds is 5. The molecule has 21 heavy (non-hydrogen) atoms. The first kappa shape index (κ1) is 13.9. The summed E-state index contributed by atoms with van der Waals surface area (Å²) in [6, 6.07) is 6.52. The summed E-state index contributed by atoms with van der Waals surface area (Å²) in [5.74, 6) is -0.795. The quantitative estimate of drug-likeness (QED) is 0.911. The van der Waals surface area contributed by atoms with Gasteiger partial charge in [-0.3, -0.25) is 0 Å². The van der Waals surface area contributed by atoms with Crippen molar-refractivity contribution in [2.75, 3.05) is 0 Å². The van der Waals surface area contributed by atoms with Gasteiger partial charge in [-0.2, -0.15) is 0 Å². The highest BCUT2D eigenvalue weighted by Crippen LogP contribution is 2.26. The summed E-state index contributed by atoms with van der Waals surface area (Å²) in [4.78, 5) is 3.88. The molecule has 0 bridgehead atoms. The lowest BCUT2D eigenvalue weighted by molar-refractivity contribution is 0.414. The Hall–Kier alpha value is -2.01. The molecular formula is C16H16F2N2O. The van der Waals surface area contributed by atoms with Gasteiger partial charge < -0.3 is 10.1 Å². The average molecular weight is 290 g/mol. The van der Waals surface area contributed by atoms with Crippen molar-refractivity contribution < 1.29 is 13.5 Å². The maximum absolute atomic E-state index is 14.3. The molecule has 0 atom stereocenters. The van der Waals surface area contributed by atoms with Crippen LogP contribution in [0.3, 0.4) is 0 Å². The van der Waals surface area contributed by atoms with E-state index in [1.165, 1.54) is 12.3 Å². The van der Waals surface area contributed by atoms with Crippen LogP contribution >= 0.6 is 0 Å². The minimum absolute atomic E-state index is 0.131. The van der Waals surface area contributed by atoms with Crippen molar-refractivity contribution in [3.05, 3.63) is 53.2 Å². The molecule has 3 nitrogen and oxygen atoms in total. The van der Waals surface area contributed by atoms with Gasteiger partial charge in [0.25, 0.3) is 5.88 Å². The van der Waals surface area contributed by atoms with E-state index < -0.39 is 5.82 Å². The molecule has 110 valence electrons. The zero-order chi connectivity index (χ0) is 14.8. The van der Waals surface area contributed by atoms with E-state index in [1.54, 1.807) is 25.1 Å². The number of pyridine rings is 1. The van der Waals surface area contributed by atoms with E-state index in [0.717, 1.165) is 12.8 Å². The third kappa shape index (κ3) is 3.36. The summed E-state index contributed by atoms with van der Waals surface area (Å²) >= 11 is 0. The van der Waals surface area contributed by atoms with Crippen molar-refractivity contribution in [1.82, 2.24) is 10.3 Å². The second-order valence-corrected chi connectivity index (χ2v) is 5.26. The Morgan fingerprint density at radius 1 is 1.29 bits per heavy atom. The molecule has 1 saturated carbocycles. The molecule has 0 spiro atoms. The van der Waals surface area contributed by atoms with Gasteiger partial charge in [0.1, 0.15) is 11.6 Å². The van der Waals surface area contributed by atoms with E-state index in [0.29, 0.717) is 23.7 Å². The molecule has 1 aromatic heterocycles. The standard InChI is InChI=1S/C16H16F2N2O/c1-10-2-5-13(8-14(10)17)21-16-15(18)11(6-7-19-16)9-20-12-3-4-12/h2,5-8,12,20H,3-4,9H2,1H3. The molecule has 1 aliphatic rings. The average Bonchev–Trinajstić information content (AvgIpc) is 3.28. The summed E-state index contributed by atoms with van der Waals surface area (Å²) in [6.45, 7) is 2.10. The van der Waals surface area contributed by atoms with Crippen LogP contribution in [-0.2, 0) is 6.54 Å². The Morgan fingerprint density at radius 3 is 2.81 bits per heavy atom. The molecule has 3 rings (SSSR count). The monoisotopic (exact) mass is 290 g/mol. The van der Waals surface area contributed by atoms with Crippen LogP contribution in [0, 0.1) is 18.6 Å². The first-order valence-electron chi connectivity index (χ1n) is 6.94. The number of nitrogens with one attached hydrogen (secondary N) is 1. The molecular weight excluding hydrogens is 274 g/mol. The lowest BCUT2D eigenvalue weighted by atomic mass is 10.2. The Balaban J connectivity index is 1.77. The fourth-order valence-corrected chi connectivity index (χ4v) is 1.96. The van der Waals surface area contributed by atoms with Crippen LogP contribution in [0.2, 0.25) is 0 Å². The molecule has 0 radical (unpaired) electrons. The second-order valence-electron chi connectivity index (χ2n) is 5.26. The summed E-state index contributed by atoms with van der Waals surface area (Å²) in [5.41, 5.74) is 1.01. The summed E-state index contributed by atoms with van der Waals surface area (Å²) < 4.78 is 33.1. The minimum Gasteiger partial charge on any atom is -0.436 e. The van der Waals surface area contributed by atoms with Crippen LogP contribution in [0.25, 0.3) is 0 Å². The van der Waals surface area contributed by atoms with Crippen LogP contribution in [0.4, 0.5) is 8.78 Å². The fourth-order valence-electron chi connectivity index (χ4n) is 1.96. The molecule has 0 saturated heterocycles. The van der Waals surface area contributed by atoms with Crippen LogP contribution in [0.5, 0.6) is 11.6 Å². The summed E-state index contributed by atoms with van der Waals surface area (Å²) in [7, 11) is 0. The maximum atomic E-state index is 14.3. The first-order chi connectivity index (χ1) is 10.1. The molecule has 1 N–H and O–H groups in total. The van der Waals surface area contributed by atoms with Crippen LogP contribution < -0.4 is 10.1 Å². The van der Waals surface area contributed by atoms with Crippen LogP contribution in [0.15, 0.2) is 30.5 Å². The SMILES string of the molecule is Cc1ccc(Oc2nccc(CNC3CC3)c2F)cc1F. The Morgan fingerprint density at radius 2 is 2.10 bits per heavy atom. The van der Waals surface area contributed by atoms with Crippen LogP contribution in [-0.4, -0.2) is 11.0 Å². The van der Waals surface area contributed by atoms with Gasteiger partial charge in [0.2, 0.25) is 0 Å². The smallest absolute Gasteiger partial charge is 0.256 e. The van der Waals surface area contributed by atoms with Gasteiger partial charge in [0.15, 0.2) is 5.82 Å². The molecule has 1 aromatic carbocycles. The molecule has 0 unspecified atom stereocenters. The number of nitrogens with zero attached hydrogens (tertiary/aromatic N) is 1. The zero-order valence-corrected chi connectivity index (χ0v) is 11.7. The number of benzene rings is 1. The van der Waals surface area contributed by atoms with Crippen molar-refractivity contribution in [2.24, 2.45) is 0 Å². The first-order valence-corrected chi connectivity index (χ1v) is 6.94. The van der Waals surface area contributed by atoms with Crippen molar-refractivity contribution in [3.8, 4) is 11.6 Å². The third-order valence-electron chi connectivity index (χ3n) is 3.45. The molecule has 0 amide bonds. The van der Waals surface area contributed by atoms with E-state index in [-0.39, 0.29) is 17.4 Å². The van der Waals surface area contributed by atoms with Gasteiger partial charge in [-0.05, 0) is 37.5 Å². The number of ether oxygens (including phenoxy) is 1. The molecule has 5 heteroatoms. The predicted octanol–water partition coefficient (Wildman–Crippen LogP) is 3.71. The number of aromatic nitrogens is 1. The lowest BCUT2D eigenvalue weighted by Gasteiger charge is -2.10. The van der Waals surface area contributed by atoms with Gasteiger partial charge >= 0.3 is 0 Å². The van der Waals surface area contributed by atoms with E-state index in [4.69, 9.17) is 4.74 Å². The lowest BCUT2D eigenvalue weighted by Crippen LogP contribution is -2.16. The Labute approximate surface area is 122 Å². The summed E-state index contributed by atoms with van der Waals surface area (Å²) in [6.07, 6.45) is 3.77.